The molecule has 1 heterocycles. The maximum atomic E-state index is 11.9. The molecule has 0 radical (unpaired) electrons. The lowest BCUT2D eigenvalue weighted by Gasteiger charge is -2.48. The van der Waals surface area contributed by atoms with Gasteiger partial charge in [-0.15, -0.1) is 0 Å². The van der Waals surface area contributed by atoms with Gasteiger partial charge in [-0.2, -0.15) is 0 Å². The first-order chi connectivity index (χ1) is 10.2. The number of likely N-dealkylation sites (tertiary alicyclic amines) is 1. The minimum Gasteiger partial charge on any atom is -0.481 e. The van der Waals surface area contributed by atoms with Gasteiger partial charge in [-0.1, -0.05) is 26.2 Å². The molecule has 128 valence electrons. The highest BCUT2D eigenvalue weighted by atomic mass is 16.6. The van der Waals surface area contributed by atoms with E-state index in [9.17, 15) is 9.59 Å². The van der Waals surface area contributed by atoms with Gasteiger partial charge in [-0.05, 0) is 27.2 Å². The highest BCUT2D eigenvalue weighted by Crippen LogP contribution is 2.30. The Morgan fingerprint density at radius 3 is 2.32 bits per heavy atom. The Kier molecular flexibility index (Phi) is 6.66. The monoisotopic (exact) mass is 315 g/mol. The summed E-state index contributed by atoms with van der Waals surface area (Å²) in [5.74, 6) is -0.905. The van der Waals surface area contributed by atoms with Crippen LogP contribution in [0.15, 0.2) is 0 Å². The predicted octanol–water partition coefficient (Wildman–Crippen LogP) is 3.05. The lowest BCUT2D eigenvalue weighted by molar-refractivity contribution is -0.166. The minimum absolute atomic E-state index is 0.0833. The average Bonchev–Trinajstić information content (AvgIpc) is 2.31. The predicted molar refractivity (Wildman–Crippen MR) is 82.9 cm³/mol. The van der Waals surface area contributed by atoms with E-state index in [-0.39, 0.29) is 19.5 Å². The maximum Gasteiger partial charge on any atom is 0.410 e. The molecule has 1 N–H and O–H groups in total. The summed E-state index contributed by atoms with van der Waals surface area (Å²) in [6.45, 7) is 8.65. The Balaban J connectivity index is 2.45. The maximum absolute atomic E-state index is 11.9. The number of carboxylic acid groups (broad SMARTS) is 1. The van der Waals surface area contributed by atoms with Crippen LogP contribution >= 0.6 is 0 Å². The normalized spacial score (nSPS) is 17.0. The van der Waals surface area contributed by atoms with E-state index in [4.69, 9.17) is 14.6 Å². The molecule has 0 aliphatic carbocycles. The number of hydrogen-bond donors (Lipinski definition) is 1. The van der Waals surface area contributed by atoms with Gasteiger partial charge in [0.15, 0.2) is 0 Å². The number of ether oxygens (including phenoxy) is 2. The van der Waals surface area contributed by atoms with Crippen LogP contribution in [0.1, 0.15) is 59.8 Å². The summed E-state index contributed by atoms with van der Waals surface area (Å²) in [5, 5.41) is 9.05. The van der Waals surface area contributed by atoms with Crippen LogP contribution in [0.3, 0.4) is 0 Å². The van der Waals surface area contributed by atoms with E-state index in [0.717, 1.165) is 25.7 Å². The Labute approximate surface area is 132 Å². The zero-order valence-electron chi connectivity index (χ0n) is 14.2. The molecule has 0 atom stereocenters. The third-order valence-electron chi connectivity index (χ3n) is 3.49. The molecule has 1 fully saturated rings. The Bertz CT molecular complexity index is 382. The standard InChI is InChI=1S/C16H29NO5/c1-5-6-7-8-9-21-16(10-13(18)19)11-17(12-16)14(20)22-15(2,3)4/h5-12H2,1-4H3,(H,18,19). The second-order valence-corrected chi connectivity index (χ2v) is 7.00. The molecule has 1 saturated heterocycles. The highest BCUT2D eigenvalue weighted by Gasteiger charge is 2.49. The van der Waals surface area contributed by atoms with Crippen molar-refractivity contribution in [1.29, 1.82) is 0 Å². The molecule has 0 aromatic carbocycles. The van der Waals surface area contributed by atoms with Crippen molar-refractivity contribution >= 4 is 12.1 Å². The van der Waals surface area contributed by atoms with E-state index < -0.39 is 23.3 Å². The van der Waals surface area contributed by atoms with Gasteiger partial charge in [0.1, 0.15) is 11.2 Å². The number of carbonyl (C=O) groups is 2. The van der Waals surface area contributed by atoms with Crippen LogP contribution in [0, 0.1) is 0 Å². The van der Waals surface area contributed by atoms with Crippen molar-refractivity contribution in [1.82, 2.24) is 4.90 Å². The first-order valence-corrected chi connectivity index (χ1v) is 8.01. The van der Waals surface area contributed by atoms with Gasteiger partial charge < -0.3 is 19.5 Å². The Hall–Kier alpha value is -1.30. The van der Waals surface area contributed by atoms with E-state index in [0.29, 0.717) is 6.61 Å². The van der Waals surface area contributed by atoms with Crippen molar-refractivity contribution in [3.63, 3.8) is 0 Å². The third kappa shape index (κ3) is 6.22. The summed E-state index contributed by atoms with van der Waals surface area (Å²) in [4.78, 5) is 24.5. The summed E-state index contributed by atoms with van der Waals surface area (Å²) < 4.78 is 11.1. The van der Waals surface area contributed by atoms with Crippen molar-refractivity contribution in [2.24, 2.45) is 0 Å². The van der Waals surface area contributed by atoms with Gasteiger partial charge in [0.2, 0.25) is 0 Å². The largest absolute Gasteiger partial charge is 0.481 e. The molecule has 22 heavy (non-hydrogen) atoms. The Morgan fingerprint density at radius 1 is 1.18 bits per heavy atom. The fourth-order valence-electron chi connectivity index (χ4n) is 2.45. The zero-order chi connectivity index (χ0) is 16.8. The van der Waals surface area contributed by atoms with Gasteiger partial charge in [0.25, 0.3) is 0 Å². The molecule has 0 spiro atoms. The molecule has 6 nitrogen and oxygen atoms in total. The molecular weight excluding hydrogens is 286 g/mol. The number of aliphatic carboxylic acids is 1. The molecule has 1 amide bonds. The fraction of sp³-hybridized carbons (Fsp3) is 0.875. The van der Waals surface area contributed by atoms with Crippen LogP contribution in [0.2, 0.25) is 0 Å². The van der Waals surface area contributed by atoms with Gasteiger partial charge in [-0.25, -0.2) is 4.79 Å². The summed E-state index contributed by atoms with van der Waals surface area (Å²) in [5.41, 5.74) is -1.31. The van der Waals surface area contributed by atoms with Gasteiger partial charge in [0, 0.05) is 6.61 Å². The third-order valence-corrected chi connectivity index (χ3v) is 3.49. The SMILES string of the molecule is CCCCCCOC1(CC(=O)O)CN(C(=O)OC(C)(C)C)C1. The van der Waals surface area contributed by atoms with Crippen LogP contribution in [0.4, 0.5) is 4.79 Å². The van der Waals surface area contributed by atoms with Crippen LogP contribution in [-0.4, -0.2) is 53.0 Å². The van der Waals surface area contributed by atoms with Crippen LogP contribution < -0.4 is 0 Å². The molecule has 0 bridgehead atoms. The van der Waals surface area contributed by atoms with E-state index in [1.165, 1.54) is 4.90 Å². The van der Waals surface area contributed by atoms with Gasteiger partial charge >= 0.3 is 12.1 Å². The van der Waals surface area contributed by atoms with E-state index in [1.54, 1.807) is 20.8 Å². The number of rotatable bonds is 8. The summed E-state index contributed by atoms with van der Waals surface area (Å²) >= 11 is 0. The van der Waals surface area contributed by atoms with Crippen molar-refractivity contribution < 1.29 is 24.2 Å². The molecule has 1 aliphatic rings. The van der Waals surface area contributed by atoms with Crippen molar-refractivity contribution in [2.45, 2.75) is 71.0 Å². The smallest absolute Gasteiger partial charge is 0.410 e. The van der Waals surface area contributed by atoms with E-state index in [2.05, 4.69) is 6.92 Å². The minimum atomic E-state index is -0.905. The second kappa shape index (κ2) is 7.81. The topological polar surface area (TPSA) is 76.1 Å². The molecule has 0 aromatic heterocycles. The number of nitrogens with zero attached hydrogens (tertiary/aromatic N) is 1. The number of unbranched alkanes of at least 4 members (excludes halogenated alkanes) is 3. The number of hydrogen-bond acceptors (Lipinski definition) is 4. The first kappa shape index (κ1) is 18.7. The number of amides is 1. The molecule has 0 aromatic rings. The molecule has 0 saturated carbocycles. The lowest BCUT2D eigenvalue weighted by Crippen LogP contribution is -2.66. The van der Waals surface area contributed by atoms with Gasteiger partial charge in [0.05, 0.1) is 19.5 Å². The molecule has 0 unspecified atom stereocenters. The number of carbonyl (C=O) groups excluding carboxylic acids is 1. The van der Waals surface area contributed by atoms with Crippen LogP contribution in [-0.2, 0) is 14.3 Å². The van der Waals surface area contributed by atoms with Crippen LogP contribution in [0.5, 0.6) is 0 Å². The lowest BCUT2D eigenvalue weighted by atomic mass is 9.90. The quantitative estimate of drug-likeness (QED) is 0.697. The molecular formula is C16H29NO5. The van der Waals surface area contributed by atoms with Crippen molar-refractivity contribution in [2.75, 3.05) is 19.7 Å². The summed E-state index contributed by atoms with van der Waals surface area (Å²) in [6.07, 6.45) is 3.80. The van der Waals surface area contributed by atoms with Crippen molar-refractivity contribution in [3.8, 4) is 0 Å². The highest BCUT2D eigenvalue weighted by molar-refractivity contribution is 5.72. The average molecular weight is 315 g/mol. The van der Waals surface area contributed by atoms with Crippen molar-refractivity contribution in [3.05, 3.63) is 0 Å². The molecule has 6 heteroatoms. The van der Waals surface area contributed by atoms with E-state index in [1.807, 2.05) is 0 Å². The molecule has 1 aliphatic heterocycles. The zero-order valence-corrected chi connectivity index (χ0v) is 14.2. The van der Waals surface area contributed by atoms with E-state index >= 15 is 0 Å². The Morgan fingerprint density at radius 2 is 1.82 bits per heavy atom. The van der Waals surface area contributed by atoms with Gasteiger partial charge in [-0.3, -0.25) is 4.79 Å². The fourth-order valence-corrected chi connectivity index (χ4v) is 2.45. The summed E-state index contributed by atoms with van der Waals surface area (Å²) in [6, 6.07) is 0. The van der Waals surface area contributed by atoms with Crippen LogP contribution in [0.25, 0.3) is 0 Å². The molecule has 1 rings (SSSR count). The summed E-state index contributed by atoms with van der Waals surface area (Å²) in [7, 11) is 0. The first-order valence-electron chi connectivity index (χ1n) is 8.01. The number of carboxylic acids is 1. The second-order valence-electron chi connectivity index (χ2n) is 7.00.